The van der Waals surface area contributed by atoms with Crippen molar-refractivity contribution in [2.75, 3.05) is 38.6 Å². The monoisotopic (exact) mass is 277 g/mol. The first-order valence-corrected chi connectivity index (χ1v) is 7.25. The molecule has 0 aliphatic carbocycles. The van der Waals surface area contributed by atoms with Gasteiger partial charge in [-0.2, -0.15) is 0 Å². The standard InChI is InChI=1S/C16H27N3O/c1-14(2)19(4)16(20)13-17-11-8-12-18(3)15-9-6-5-7-10-15/h5-7,9-10,14,17H,8,11-13H2,1-4H3. The highest BCUT2D eigenvalue weighted by atomic mass is 16.2. The summed E-state index contributed by atoms with van der Waals surface area (Å²) in [5.74, 6) is 0.149. The van der Waals surface area contributed by atoms with Crippen LogP contribution >= 0.6 is 0 Å². The molecule has 4 nitrogen and oxygen atoms in total. The highest BCUT2D eigenvalue weighted by molar-refractivity contribution is 5.78. The van der Waals surface area contributed by atoms with Crippen LogP contribution in [0.5, 0.6) is 0 Å². The molecule has 1 aromatic rings. The lowest BCUT2D eigenvalue weighted by Crippen LogP contribution is -2.40. The van der Waals surface area contributed by atoms with Gasteiger partial charge in [0.05, 0.1) is 6.54 Å². The van der Waals surface area contributed by atoms with Gasteiger partial charge in [-0.25, -0.2) is 0 Å². The molecule has 112 valence electrons. The van der Waals surface area contributed by atoms with Crippen molar-refractivity contribution >= 4 is 11.6 Å². The average Bonchev–Trinajstić information content (AvgIpc) is 2.46. The maximum absolute atomic E-state index is 11.8. The van der Waals surface area contributed by atoms with Crippen LogP contribution in [0.25, 0.3) is 0 Å². The summed E-state index contributed by atoms with van der Waals surface area (Å²) in [6.45, 7) is 6.29. The zero-order chi connectivity index (χ0) is 15.0. The molecule has 4 heteroatoms. The Balaban J connectivity index is 2.15. The van der Waals surface area contributed by atoms with Gasteiger partial charge < -0.3 is 15.1 Å². The number of amides is 1. The zero-order valence-corrected chi connectivity index (χ0v) is 13.1. The number of carbonyl (C=O) groups is 1. The zero-order valence-electron chi connectivity index (χ0n) is 13.1. The third-order valence-electron chi connectivity index (χ3n) is 3.49. The number of rotatable bonds is 8. The van der Waals surface area contributed by atoms with Gasteiger partial charge in [-0.1, -0.05) is 18.2 Å². The van der Waals surface area contributed by atoms with Crippen LogP contribution in [-0.2, 0) is 4.79 Å². The van der Waals surface area contributed by atoms with E-state index in [0.29, 0.717) is 6.54 Å². The Labute approximate surface area is 122 Å². The van der Waals surface area contributed by atoms with Gasteiger partial charge in [0, 0.05) is 32.4 Å². The van der Waals surface area contributed by atoms with Gasteiger partial charge in [0.1, 0.15) is 0 Å². The van der Waals surface area contributed by atoms with Crippen LogP contribution in [0.2, 0.25) is 0 Å². The van der Waals surface area contributed by atoms with Crippen LogP contribution in [0.1, 0.15) is 20.3 Å². The second-order valence-corrected chi connectivity index (χ2v) is 5.39. The highest BCUT2D eigenvalue weighted by Crippen LogP contribution is 2.10. The summed E-state index contributed by atoms with van der Waals surface area (Å²) < 4.78 is 0. The molecule has 0 aromatic heterocycles. The predicted octanol–water partition coefficient (Wildman–Crippen LogP) is 1.97. The second kappa shape index (κ2) is 8.59. The van der Waals surface area contributed by atoms with Gasteiger partial charge in [0.25, 0.3) is 0 Å². The smallest absolute Gasteiger partial charge is 0.236 e. The van der Waals surface area contributed by atoms with Crippen molar-refractivity contribution in [3.05, 3.63) is 30.3 Å². The van der Waals surface area contributed by atoms with Crippen LogP contribution < -0.4 is 10.2 Å². The number of benzene rings is 1. The molecule has 0 radical (unpaired) electrons. The van der Waals surface area contributed by atoms with Crippen LogP contribution in [0.4, 0.5) is 5.69 Å². The van der Waals surface area contributed by atoms with E-state index in [2.05, 4.69) is 29.4 Å². The van der Waals surface area contributed by atoms with Crippen molar-refractivity contribution < 1.29 is 4.79 Å². The Morgan fingerprint density at radius 3 is 2.45 bits per heavy atom. The summed E-state index contributed by atoms with van der Waals surface area (Å²) in [5, 5.41) is 3.21. The maximum Gasteiger partial charge on any atom is 0.236 e. The van der Waals surface area contributed by atoms with Crippen molar-refractivity contribution in [1.29, 1.82) is 0 Å². The summed E-state index contributed by atoms with van der Waals surface area (Å²) in [5.41, 5.74) is 1.23. The summed E-state index contributed by atoms with van der Waals surface area (Å²) >= 11 is 0. The number of carbonyl (C=O) groups excluding carboxylic acids is 1. The predicted molar refractivity (Wildman–Crippen MR) is 85.1 cm³/mol. The molecule has 1 aromatic carbocycles. The van der Waals surface area contributed by atoms with Crippen molar-refractivity contribution in [2.24, 2.45) is 0 Å². The van der Waals surface area contributed by atoms with E-state index in [0.717, 1.165) is 19.5 Å². The van der Waals surface area contributed by atoms with Crippen molar-refractivity contribution in [2.45, 2.75) is 26.3 Å². The van der Waals surface area contributed by atoms with Crippen molar-refractivity contribution in [3.8, 4) is 0 Å². The van der Waals surface area contributed by atoms with Gasteiger partial charge in [-0.15, -0.1) is 0 Å². The first kappa shape index (κ1) is 16.5. The number of anilines is 1. The fraction of sp³-hybridized carbons (Fsp3) is 0.562. The summed E-state index contributed by atoms with van der Waals surface area (Å²) in [6.07, 6.45) is 1.02. The lowest BCUT2D eigenvalue weighted by molar-refractivity contribution is -0.130. The summed E-state index contributed by atoms with van der Waals surface area (Å²) in [7, 11) is 3.94. The van der Waals surface area contributed by atoms with Gasteiger partial charge in [0.2, 0.25) is 5.91 Å². The van der Waals surface area contributed by atoms with E-state index in [4.69, 9.17) is 0 Å². The van der Waals surface area contributed by atoms with E-state index < -0.39 is 0 Å². The SMILES string of the molecule is CC(C)N(C)C(=O)CNCCCN(C)c1ccccc1. The highest BCUT2D eigenvalue weighted by Gasteiger charge is 2.10. The minimum atomic E-state index is 0.149. The second-order valence-electron chi connectivity index (χ2n) is 5.39. The number of hydrogen-bond donors (Lipinski definition) is 1. The Morgan fingerprint density at radius 1 is 1.20 bits per heavy atom. The van der Waals surface area contributed by atoms with E-state index in [9.17, 15) is 4.79 Å². The molecule has 0 bridgehead atoms. The molecular formula is C16H27N3O. The van der Waals surface area contributed by atoms with Gasteiger partial charge in [-0.05, 0) is 38.9 Å². The maximum atomic E-state index is 11.8. The molecule has 0 saturated heterocycles. The van der Waals surface area contributed by atoms with E-state index in [1.54, 1.807) is 4.90 Å². The first-order chi connectivity index (χ1) is 9.52. The molecule has 0 fully saturated rings. The van der Waals surface area contributed by atoms with E-state index >= 15 is 0 Å². The largest absolute Gasteiger partial charge is 0.375 e. The van der Waals surface area contributed by atoms with E-state index in [1.807, 2.05) is 39.1 Å². The third kappa shape index (κ3) is 5.61. The third-order valence-corrected chi connectivity index (χ3v) is 3.49. The van der Waals surface area contributed by atoms with Crippen LogP contribution in [0, 0.1) is 0 Å². The molecule has 0 atom stereocenters. The molecule has 0 unspecified atom stereocenters. The molecule has 0 heterocycles. The lowest BCUT2D eigenvalue weighted by Gasteiger charge is -2.22. The fourth-order valence-electron chi connectivity index (χ4n) is 1.86. The lowest BCUT2D eigenvalue weighted by atomic mass is 10.3. The minimum absolute atomic E-state index is 0.149. The summed E-state index contributed by atoms with van der Waals surface area (Å²) in [4.78, 5) is 15.7. The number of para-hydroxylation sites is 1. The van der Waals surface area contributed by atoms with E-state index in [-0.39, 0.29) is 11.9 Å². The molecule has 0 spiro atoms. The Bertz CT molecular complexity index is 392. The van der Waals surface area contributed by atoms with Gasteiger partial charge in [-0.3, -0.25) is 4.79 Å². The number of nitrogens with one attached hydrogen (secondary N) is 1. The molecule has 0 aliphatic heterocycles. The molecule has 1 rings (SSSR count). The van der Waals surface area contributed by atoms with Crippen molar-refractivity contribution in [1.82, 2.24) is 10.2 Å². The van der Waals surface area contributed by atoms with Gasteiger partial charge in [0.15, 0.2) is 0 Å². The Hall–Kier alpha value is -1.55. The number of likely N-dealkylation sites (N-methyl/N-ethyl adjacent to an activating group) is 1. The van der Waals surface area contributed by atoms with Crippen molar-refractivity contribution in [3.63, 3.8) is 0 Å². The van der Waals surface area contributed by atoms with E-state index in [1.165, 1.54) is 5.69 Å². The fourth-order valence-corrected chi connectivity index (χ4v) is 1.86. The summed E-state index contributed by atoms with van der Waals surface area (Å²) in [6, 6.07) is 10.6. The molecule has 1 N–H and O–H groups in total. The molecular weight excluding hydrogens is 250 g/mol. The van der Waals surface area contributed by atoms with Crippen LogP contribution in [0.3, 0.4) is 0 Å². The first-order valence-electron chi connectivity index (χ1n) is 7.25. The van der Waals surface area contributed by atoms with Gasteiger partial charge >= 0.3 is 0 Å². The van der Waals surface area contributed by atoms with Crippen LogP contribution in [-0.4, -0.2) is 50.6 Å². The number of hydrogen-bond acceptors (Lipinski definition) is 3. The molecule has 1 amide bonds. The normalized spacial score (nSPS) is 10.7. The Morgan fingerprint density at radius 2 is 1.85 bits per heavy atom. The number of nitrogens with zero attached hydrogens (tertiary/aromatic N) is 2. The topological polar surface area (TPSA) is 35.6 Å². The molecule has 20 heavy (non-hydrogen) atoms. The van der Waals surface area contributed by atoms with Crippen LogP contribution in [0.15, 0.2) is 30.3 Å². The Kier molecular flexibility index (Phi) is 7.09. The average molecular weight is 277 g/mol. The molecule has 0 aliphatic rings. The molecule has 0 saturated carbocycles. The minimum Gasteiger partial charge on any atom is -0.375 e. The quantitative estimate of drug-likeness (QED) is 0.738.